The third kappa shape index (κ3) is 3.83. The minimum absolute atomic E-state index is 0.150. The maximum Gasteiger partial charge on any atom is 0.0669 e. The minimum atomic E-state index is -0.277. The molecule has 1 aromatic carbocycles. The molecular weight excluding hydrogens is 210 g/mol. The van der Waals surface area contributed by atoms with Crippen LogP contribution in [0.1, 0.15) is 39.2 Å². The summed E-state index contributed by atoms with van der Waals surface area (Å²) in [6, 6.07) is 10.3. The van der Waals surface area contributed by atoms with Crippen molar-refractivity contribution in [1.82, 2.24) is 5.32 Å². The molecule has 0 aliphatic rings. The van der Waals surface area contributed by atoms with Crippen LogP contribution in [0.25, 0.3) is 0 Å². The zero-order chi connectivity index (χ0) is 12.7. The van der Waals surface area contributed by atoms with Crippen molar-refractivity contribution in [2.45, 2.75) is 39.2 Å². The third-order valence-electron chi connectivity index (χ3n) is 3.12. The van der Waals surface area contributed by atoms with Crippen LogP contribution in [0.2, 0.25) is 0 Å². The summed E-state index contributed by atoms with van der Waals surface area (Å²) in [7, 11) is 0. The second-order valence-corrected chi connectivity index (χ2v) is 5.13. The summed E-state index contributed by atoms with van der Waals surface area (Å²) in [5.41, 5.74) is 0.908. The van der Waals surface area contributed by atoms with Gasteiger partial charge in [-0.3, -0.25) is 0 Å². The molecule has 0 bridgehead atoms. The molecule has 0 aliphatic carbocycles. The first kappa shape index (κ1) is 14.2. The molecule has 0 aromatic heterocycles. The molecule has 0 heterocycles. The fourth-order valence-corrected chi connectivity index (χ4v) is 2.14. The summed E-state index contributed by atoms with van der Waals surface area (Å²) >= 11 is 0. The smallest absolute Gasteiger partial charge is 0.0669 e. The molecule has 17 heavy (non-hydrogen) atoms. The predicted molar refractivity (Wildman–Crippen MR) is 73.0 cm³/mol. The van der Waals surface area contributed by atoms with E-state index >= 15 is 0 Å². The Morgan fingerprint density at radius 1 is 1.24 bits per heavy atom. The van der Waals surface area contributed by atoms with Crippen molar-refractivity contribution in [1.29, 1.82) is 0 Å². The van der Waals surface area contributed by atoms with Crippen LogP contribution >= 0.6 is 0 Å². The molecule has 0 amide bonds. The molecule has 0 spiro atoms. The van der Waals surface area contributed by atoms with Crippen molar-refractivity contribution in [2.24, 2.45) is 5.92 Å². The second kappa shape index (κ2) is 6.77. The first-order valence-corrected chi connectivity index (χ1v) is 6.56. The van der Waals surface area contributed by atoms with E-state index in [0.29, 0.717) is 5.92 Å². The van der Waals surface area contributed by atoms with Crippen LogP contribution in [-0.4, -0.2) is 18.3 Å². The highest BCUT2D eigenvalue weighted by atomic mass is 16.3. The Bertz CT molecular complexity index is 310. The van der Waals surface area contributed by atoms with E-state index in [9.17, 15) is 5.11 Å². The number of aliphatic hydroxyl groups is 1. The summed E-state index contributed by atoms with van der Waals surface area (Å²) in [6.07, 6.45) is 2.01. The highest BCUT2D eigenvalue weighted by Crippen LogP contribution is 2.26. The summed E-state index contributed by atoms with van der Waals surface area (Å²) < 4.78 is 0. The quantitative estimate of drug-likeness (QED) is 0.761. The predicted octanol–water partition coefficient (Wildman–Crippen LogP) is 2.92. The Hall–Kier alpha value is -0.860. The molecule has 1 unspecified atom stereocenters. The normalized spacial score (nSPS) is 14.9. The summed E-state index contributed by atoms with van der Waals surface area (Å²) in [4.78, 5) is 0. The van der Waals surface area contributed by atoms with Gasteiger partial charge >= 0.3 is 0 Å². The lowest BCUT2D eigenvalue weighted by Gasteiger charge is -2.34. The Balaban J connectivity index is 2.91. The average Bonchev–Trinajstić information content (AvgIpc) is 2.35. The van der Waals surface area contributed by atoms with Crippen molar-refractivity contribution >= 4 is 0 Å². The van der Waals surface area contributed by atoms with Crippen molar-refractivity contribution in [3.8, 4) is 0 Å². The highest BCUT2D eigenvalue weighted by molar-refractivity contribution is 5.24. The van der Waals surface area contributed by atoms with Gasteiger partial charge in [0.15, 0.2) is 0 Å². The molecule has 2 N–H and O–H groups in total. The highest BCUT2D eigenvalue weighted by Gasteiger charge is 2.29. The fourth-order valence-electron chi connectivity index (χ4n) is 2.14. The number of nitrogens with one attached hydrogen (secondary N) is 1. The first-order valence-electron chi connectivity index (χ1n) is 6.56. The van der Waals surface area contributed by atoms with Crippen molar-refractivity contribution in [3.05, 3.63) is 35.9 Å². The fraction of sp³-hybridized carbons (Fsp3) is 0.600. The van der Waals surface area contributed by atoms with E-state index in [1.165, 1.54) is 5.56 Å². The van der Waals surface area contributed by atoms with Gasteiger partial charge in [-0.1, -0.05) is 57.5 Å². The number of hydrogen-bond donors (Lipinski definition) is 2. The zero-order valence-electron chi connectivity index (χ0n) is 11.2. The van der Waals surface area contributed by atoms with E-state index in [-0.39, 0.29) is 12.1 Å². The maximum absolute atomic E-state index is 9.81. The van der Waals surface area contributed by atoms with E-state index in [1.807, 2.05) is 18.2 Å². The molecule has 1 aromatic rings. The van der Waals surface area contributed by atoms with E-state index in [1.54, 1.807) is 0 Å². The summed E-state index contributed by atoms with van der Waals surface area (Å²) in [6.45, 7) is 7.61. The van der Waals surface area contributed by atoms with E-state index in [0.717, 1.165) is 19.4 Å². The topological polar surface area (TPSA) is 32.3 Å². The van der Waals surface area contributed by atoms with Crippen LogP contribution in [0, 0.1) is 5.92 Å². The van der Waals surface area contributed by atoms with Crippen LogP contribution in [0.3, 0.4) is 0 Å². The minimum Gasteiger partial charge on any atom is -0.394 e. The van der Waals surface area contributed by atoms with Crippen molar-refractivity contribution < 1.29 is 5.11 Å². The van der Waals surface area contributed by atoms with Gasteiger partial charge in [0, 0.05) is 0 Å². The van der Waals surface area contributed by atoms with Crippen LogP contribution in [0.5, 0.6) is 0 Å². The molecule has 0 fully saturated rings. The van der Waals surface area contributed by atoms with Crippen LogP contribution in [0.15, 0.2) is 30.3 Å². The summed E-state index contributed by atoms with van der Waals surface area (Å²) in [5.74, 6) is 0.585. The number of aliphatic hydroxyl groups excluding tert-OH is 1. The lowest BCUT2D eigenvalue weighted by atomic mass is 9.86. The van der Waals surface area contributed by atoms with Gasteiger partial charge in [0.2, 0.25) is 0 Å². The molecule has 1 atom stereocenters. The van der Waals surface area contributed by atoms with Gasteiger partial charge in [0.1, 0.15) is 0 Å². The maximum atomic E-state index is 9.81. The largest absolute Gasteiger partial charge is 0.394 e. The van der Waals surface area contributed by atoms with Gasteiger partial charge in [-0.05, 0) is 24.4 Å². The van der Waals surface area contributed by atoms with Crippen LogP contribution in [-0.2, 0) is 5.54 Å². The second-order valence-electron chi connectivity index (χ2n) is 5.13. The van der Waals surface area contributed by atoms with E-state index in [4.69, 9.17) is 0 Å². The first-order chi connectivity index (χ1) is 8.14. The molecule has 0 saturated carbocycles. The zero-order valence-corrected chi connectivity index (χ0v) is 11.2. The van der Waals surface area contributed by atoms with E-state index < -0.39 is 0 Å². The average molecular weight is 235 g/mol. The summed E-state index contributed by atoms with van der Waals surface area (Å²) in [5, 5.41) is 13.4. The Morgan fingerprint density at radius 2 is 1.88 bits per heavy atom. The molecule has 2 heteroatoms. The van der Waals surface area contributed by atoms with Crippen molar-refractivity contribution in [3.63, 3.8) is 0 Å². The van der Waals surface area contributed by atoms with Gasteiger partial charge in [0.25, 0.3) is 0 Å². The monoisotopic (exact) mass is 235 g/mol. The van der Waals surface area contributed by atoms with Gasteiger partial charge in [-0.15, -0.1) is 0 Å². The Morgan fingerprint density at radius 3 is 2.35 bits per heavy atom. The molecule has 0 saturated heterocycles. The number of hydrogen-bond acceptors (Lipinski definition) is 2. The number of benzene rings is 1. The molecule has 0 aliphatic heterocycles. The molecule has 1 rings (SSSR count). The van der Waals surface area contributed by atoms with Gasteiger partial charge in [-0.25, -0.2) is 0 Å². The van der Waals surface area contributed by atoms with Crippen LogP contribution < -0.4 is 5.32 Å². The van der Waals surface area contributed by atoms with E-state index in [2.05, 4.69) is 38.2 Å². The molecule has 2 nitrogen and oxygen atoms in total. The molecule has 0 radical (unpaired) electrons. The standard InChI is InChI=1S/C15H25NO/c1-4-10-15(12-17,16-11-13(2)3)14-8-6-5-7-9-14/h5-9,13,16-17H,4,10-12H2,1-3H3. The van der Waals surface area contributed by atoms with Gasteiger partial charge in [-0.2, -0.15) is 0 Å². The number of rotatable bonds is 7. The Kier molecular flexibility index (Phi) is 5.66. The molecule has 96 valence electrons. The van der Waals surface area contributed by atoms with Gasteiger partial charge < -0.3 is 10.4 Å². The lowest BCUT2D eigenvalue weighted by Crippen LogP contribution is -2.47. The SMILES string of the molecule is CCCC(CO)(NCC(C)C)c1ccccc1. The van der Waals surface area contributed by atoms with Gasteiger partial charge in [0.05, 0.1) is 12.1 Å². The third-order valence-corrected chi connectivity index (χ3v) is 3.12. The Labute approximate surface area is 105 Å². The lowest BCUT2D eigenvalue weighted by molar-refractivity contribution is 0.146. The van der Waals surface area contributed by atoms with Crippen molar-refractivity contribution in [2.75, 3.05) is 13.2 Å². The molecular formula is C15H25NO. The van der Waals surface area contributed by atoms with Crippen LogP contribution in [0.4, 0.5) is 0 Å².